The van der Waals surface area contributed by atoms with Crippen LogP contribution in [0.5, 0.6) is 0 Å². The summed E-state index contributed by atoms with van der Waals surface area (Å²) in [6.07, 6.45) is 7.45. The number of anilines is 3. The van der Waals surface area contributed by atoms with Gasteiger partial charge in [0, 0.05) is 31.5 Å². The molecule has 9 nitrogen and oxygen atoms in total. The van der Waals surface area contributed by atoms with Gasteiger partial charge in [0.05, 0.1) is 17.9 Å². The number of nitrogens with one attached hydrogen (secondary N) is 2. The fraction of sp³-hybridized carbons (Fsp3) is 0.389. The molecule has 2 bridgehead atoms. The lowest BCUT2D eigenvalue weighted by Gasteiger charge is -2.35. The number of nitrogens with zero attached hydrogens (tertiary/aromatic N) is 5. The van der Waals surface area contributed by atoms with E-state index < -0.39 is 0 Å². The van der Waals surface area contributed by atoms with Gasteiger partial charge in [0.25, 0.3) is 5.91 Å². The summed E-state index contributed by atoms with van der Waals surface area (Å²) in [7, 11) is 0. The maximum atomic E-state index is 13.0. The summed E-state index contributed by atoms with van der Waals surface area (Å²) in [5.41, 5.74) is 1.21. The van der Waals surface area contributed by atoms with Gasteiger partial charge in [-0.25, -0.2) is 14.8 Å². The topological polar surface area (TPSA) is 103 Å². The first-order chi connectivity index (χ1) is 13.2. The molecule has 27 heavy (non-hydrogen) atoms. The zero-order valence-electron chi connectivity index (χ0n) is 14.6. The van der Waals surface area contributed by atoms with E-state index in [9.17, 15) is 9.59 Å². The van der Waals surface area contributed by atoms with Crippen molar-refractivity contribution in [2.75, 3.05) is 28.2 Å². The van der Waals surface area contributed by atoms with Crippen LogP contribution in [0, 0.1) is 0 Å². The van der Waals surface area contributed by atoms with E-state index in [1.165, 1.54) is 12.4 Å². The van der Waals surface area contributed by atoms with Crippen molar-refractivity contribution in [3.63, 3.8) is 0 Å². The van der Waals surface area contributed by atoms with Crippen LogP contribution in [-0.2, 0) is 0 Å². The van der Waals surface area contributed by atoms with E-state index >= 15 is 0 Å². The Morgan fingerprint density at radius 3 is 2.81 bits per heavy atom. The number of hydrogen-bond acceptors (Lipinski definition) is 6. The predicted molar refractivity (Wildman–Crippen MR) is 98.9 cm³/mol. The van der Waals surface area contributed by atoms with E-state index in [4.69, 9.17) is 0 Å². The van der Waals surface area contributed by atoms with Crippen LogP contribution in [0.2, 0.25) is 0 Å². The molecule has 138 valence electrons. The van der Waals surface area contributed by atoms with E-state index in [0.29, 0.717) is 17.3 Å². The number of carbonyl (C=O) groups is 2. The quantitative estimate of drug-likeness (QED) is 0.852. The Kier molecular flexibility index (Phi) is 3.66. The lowest BCUT2D eigenvalue weighted by atomic mass is 10.1. The maximum absolute atomic E-state index is 13.0. The largest absolute Gasteiger partial charge is 0.366 e. The van der Waals surface area contributed by atoms with Gasteiger partial charge >= 0.3 is 6.03 Å². The SMILES string of the molecule is O=C(NC1CC1)c1ccc2c(n1)N(C(=O)Nc1cnccn1)C1CCN2C1. The molecular formula is C18H19N7O2. The first kappa shape index (κ1) is 16.0. The summed E-state index contributed by atoms with van der Waals surface area (Å²) in [5, 5.41) is 5.73. The van der Waals surface area contributed by atoms with Gasteiger partial charge in [0.2, 0.25) is 0 Å². The molecule has 0 radical (unpaired) electrons. The molecule has 9 heteroatoms. The van der Waals surface area contributed by atoms with Crippen LogP contribution in [-0.4, -0.2) is 52.1 Å². The van der Waals surface area contributed by atoms with Gasteiger partial charge in [-0.2, -0.15) is 0 Å². The van der Waals surface area contributed by atoms with Crippen LogP contribution in [0.3, 0.4) is 0 Å². The molecule has 3 amide bonds. The highest BCUT2D eigenvalue weighted by Gasteiger charge is 2.40. The molecule has 2 aliphatic heterocycles. The first-order valence-corrected chi connectivity index (χ1v) is 9.12. The van der Waals surface area contributed by atoms with Gasteiger partial charge < -0.3 is 10.2 Å². The van der Waals surface area contributed by atoms with Gasteiger partial charge in [-0.1, -0.05) is 0 Å². The maximum Gasteiger partial charge on any atom is 0.329 e. The van der Waals surface area contributed by atoms with Crippen LogP contribution in [0.1, 0.15) is 29.8 Å². The predicted octanol–water partition coefficient (Wildman–Crippen LogP) is 1.39. The summed E-state index contributed by atoms with van der Waals surface area (Å²) < 4.78 is 0. The van der Waals surface area contributed by atoms with Crippen molar-refractivity contribution >= 4 is 29.3 Å². The fourth-order valence-electron chi connectivity index (χ4n) is 3.62. The Labute approximate surface area is 155 Å². The average molecular weight is 365 g/mol. The van der Waals surface area contributed by atoms with Crippen molar-refractivity contribution in [2.24, 2.45) is 0 Å². The van der Waals surface area contributed by atoms with Gasteiger partial charge in [0.15, 0.2) is 11.6 Å². The fourth-order valence-corrected chi connectivity index (χ4v) is 3.62. The van der Waals surface area contributed by atoms with Gasteiger partial charge in [-0.3, -0.25) is 20.0 Å². The van der Waals surface area contributed by atoms with Gasteiger partial charge in [0.1, 0.15) is 5.69 Å². The summed E-state index contributed by atoms with van der Waals surface area (Å²) >= 11 is 0. The summed E-state index contributed by atoms with van der Waals surface area (Å²) in [6, 6.07) is 3.58. The zero-order chi connectivity index (χ0) is 18.4. The minimum atomic E-state index is -0.310. The van der Waals surface area contributed by atoms with Crippen LogP contribution >= 0.6 is 0 Å². The number of aromatic nitrogens is 3. The molecule has 2 fully saturated rings. The number of hydrogen-bond donors (Lipinski definition) is 2. The van der Waals surface area contributed by atoms with Crippen molar-refractivity contribution in [2.45, 2.75) is 31.3 Å². The van der Waals surface area contributed by atoms with Crippen LogP contribution < -0.4 is 20.4 Å². The molecule has 2 N–H and O–H groups in total. The molecule has 2 aromatic heterocycles. The molecule has 1 saturated heterocycles. The summed E-state index contributed by atoms with van der Waals surface area (Å²) in [5.74, 6) is 0.711. The molecule has 5 rings (SSSR count). The first-order valence-electron chi connectivity index (χ1n) is 9.12. The minimum Gasteiger partial charge on any atom is -0.366 e. The smallest absolute Gasteiger partial charge is 0.329 e. The second-order valence-electron chi connectivity index (χ2n) is 7.07. The van der Waals surface area contributed by atoms with Crippen molar-refractivity contribution in [3.8, 4) is 0 Å². The van der Waals surface area contributed by atoms with E-state index in [1.807, 2.05) is 6.07 Å². The molecule has 0 spiro atoms. The van der Waals surface area contributed by atoms with E-state index in [1.54, 1.807) is 17.2 Å². The molecule has 1 saturated carbocycles. The van der Waals surface area contributed by atoms with Crippen LogP contribution in [0.15, 0.2) is 30.7 Å². The minimum absolute atomic E-state index is 0.0171. The molecule has 2 aromatic rings. The second kappa shape index (κ2) is 6.19. The highest BCUT2D eigenvalue weighted by atomic mass is 16.2. The van der Waals surface area contributed by atoms with E-state index in [-0.39, 0.29) is 24.0 Å². The third kappa shape index (κ3) is 2.94. The Morgan fingerprint density at radius 2 is 2.04 bits per heavy atom. The Balaban J connectivity index is 1.47. The van der Waals surface area contributed by atoms with Crippen molar-refractivity contribution in [1.29, 1.82) is 0 Å². The number of urea groups is 1. The molecule has 1 unspecified atom stereocenters. The highest BCUT2D eigenvalue weighted by molar-refractivity contribution is 6.04. The number of fused-ring (bicyclic) bond motifs is 4. The molecule has 3 aliphatic rings. The van der Waals surface area contributed by atoms with Crippen molar-refractivity contribution < 1.29 is 9.59 Å². The third-order valence-corrected chi connectivity index (χ3v) is 5.11. The van der Waals surface area contributed by atoms with Crippen molar-refractivity contribution in [3.05, 3.63) is 36.4 Å². The molecule has 0 aromatic carbocycles. The average Bonchev–Trinajstić information content (AvgIpc) is 3.40. The standard InChI is InChI=1S/C18H19N7O2/c26-17(21-11-1-2-11)13-3-4-14-16(22-13)25(12-5-8-24(14)10-12)18(27)23-15-9-19-6-7-20-15/h3-4,6-7,9,11-12H,1-2,5,8,10H2,(H,21,26)(H,20,23,27). The van der Waals surface area contributed by atoms with Gasteiger partial charge in [-0.05, 0) is 31.4 Å². The number of pyridine rings is 1. The van der Waals surface area contributed by atoms with Crippen molar-refractivity contribution in [1.82, 2.24) is 20.3 Å². The van der Waals surface area contributed by atoms with Gasteiger partial charge in [-0.15, -0.1) is 0 Å². The lowest BCUT2D eigenvalue weighted by molar-refractivity contribution is 0.0946. The Bertz CT molecular complexity index is 900. The normalized spacial score (nSPS) is 20.2. The molecule has 4 heterocycles. The third-order valence-electron chi connectivity index (χ3n) is 5.11. The van der Waals surface area contributed by atoms with E-state index in [0.717, 1.165) is 38.0 Å². The molecule has 1 atom stereocenters. The summed E-state index contributed by atoms with van der Waals surface area (Å²) in [4.78, 5) is 41.9. The monoisotopic (exact) mass is 365 g/mol. The Hall–Kier alpha value is -3.23. The number of amides is 3. The zero-order valence-corrected chi connectivity index (χ0v) is 14.6. The highest BCUT2D eigenvalue weighted by Crippen LogP contribution is 2.39. The number of rotatable bonds is 3. The summed E-state index contributed by atoms with van der Waals surface area (Å²) in [6.45, 7) is 1.62. The number of carbonyl (C=O) groups excluding carboxylic acids is 2. The lowest BCUT2D eigenvalue weighted by Crippen LogP contribution is -2.48. The Morgan fingerprint density at radius 1 is 1.15 bits per heavy atom. The van der Waals surface area contributed by atoms with Crippen LogP contribution in [0.4, 0.5) is 22.1 Å². The molecular weight excluding hydrogens is 346 g/mol. The van der Waals surface area contributed by atoms with Crippen LogP contribution in [0.25, 0.3) is 0 Å². The second-order valence-corrected chi connectivity index (χ2v) is 7.07. The molecule has 1 aliphatic carbocycles. The van der Waals surface area contributed by atoms with E-state index in [2.05, 4.69) is 30.5 Å².